The topological polar surface area (TPSA) is 105 Å². The first-order valence-corrected chi connectivity index (χ1v) is 14.3. The van der Waals surface area contributed by atoms with Crippen LogP contribution in [0.1, 0.15) is 72.2 Å². The number of hydrogen-bond acceptors (Lipinski definition) is 8. The molecule has 8 nitrogen and oxygen atoms in total. The van der Waals surface area contributed by atoms with Gasteiger partial charge in [-0.3, -0.25) is 19.2 Å². The summed E-state index contributed by atoms with van der Waals surface area (Å²) < 4.78 is 23.2. The molecule has 4 aromatic carbocycles. The van der Waals surface area contributed by atoms with E-state index in [4.69, 9.17) is 18.9 Å². The average Bonchev–Trinajstić information content (AvgIpc) is 2.94. The maximum Gasteiger partial charge on any atom is 0.308 e. The summed E-state index contributed by atoms with van der Waals surface area (Å²) in [5, 5.41) is 0. The van der Waals surface area contributed by atoms with Gasteiger partial charge in [0, 0.05) is 53.4 Å². The van der Waals surface area contributed by atoms with Gasteiger partial charge in [-0.05, 0) is 44.5 Å². The lowest BCUT2D eigenvalue weighted by atomic mass is 9.91. The van der Waals surface area contributed by atoms with Crippen molar-refractivity contribution in [2.75, 3.05) is 0 Å². The van der Waals surface area contributed by atoms with Gasteiger partial charge >= 0.3 is 23.9 Å². The van der Waals surface area contributed by atoms with Crippen LogP contribution in [0.4, 0.5) is 0 Å². The molecule has 5 rings (SSSR count). The van der Waals surface area contributed by atoms with Crippen LogP contribution >= 0.6 is 0 Å². The van der Waals surface area contributed by atoms with Gasteiger partial charge in [-0.25, -0.2) is 0 Å². The number of ether oxygens (including phenoxy) is 4. The maximum absolute atomic E-state index is 12.3. The minimum atomic E-state index is -0.479. The number of carbonyl (C=O) groups excluding carboxylic acids is 4. The summed E-state index contributed by atoms with van der Waals surface area (Å²) in [6.07, 6.45) is 1.17. The van der Waals surface area contributed by atoms with Crippen molar-refractivity contribution < 1.29 is 38.1 Å². The van der Waals surface area contributed by atoms with Crippen molar-refractivity contribution in [2.24, 2.45) is 0 Å². The van der Waals surface area contributed by atoms with Gasteiger partial charge in [0.15, 0.2) is 0 Å². The molecule has 0 unspecified atom stereocenters. The molecule has 0 saturated carbocycles. The van der Waals surface area contributed by atoms with E-state index in [0.717, 1.165) is 0 Å². The highest BCUT2D eigenvalue weighted by molar-refractivity contribution is 5.74. The van der Waals surface area contributed by atoms with E-state index >= 15 is 0 Å². The van der Waals surface area contributed by atoms with Crippen LogP contribution in [-0.2, 0) is 44.9 Å². The van der Waals surface area contributed by atoms with Gasteiger partial charge in [-0.15, -0.1) is 0 Å². The molecule has 8 heteroatoms. The smallest absolute Gasteiger partial charge is 0.308 e. The van der Waals surface area contributed by atoms with Gasteiger partial charge in [0.05, 0.1) is 0 Å². The molecule has 0 fully saturated rings. The van der Waals surface area contributed by atoms with Crippen LogP contribution in [-0.4, -0.2) is 23.9 Å². The monoisotopic (exact) mass is 592 g/mol. The second kappa shape index (κ2) is 13.0. The van der Waals surface area contributed by atoms with E-state index in [2.05, 4.69) is 0 Å². The minimum absolute atomic E-state index is 0.292. The highest BCUT2D eigenvalue weighted by atomic mass is 16.5. The minimum Gasteiger partial charge on any atom is -0.426 e. The first kappa shape index (κ1) is 30.2. The summed E-state index contributed by atoms with van der Waals surface area (Å²) in [6, 6.07) is 22.4. The van der Waals surface area contributed by atoms with Crippen molar-refractivity contribution in [3.8, 4) is 23.0 Å². The van der Waals surface area contributed by atoms with Crippen molar-refractivity contribution in [3.63, 3.8) is 0 Å². The first-order chi connectivity index (χ1) is 21.1. The molecule has 0 heterocycles. The van der Waals surface area contributed by atoms with E-state index in [-0.39, 0.29) is 0 Å². The fourth-order valence-corrected chi connectivity index (χ4v) is 5.59. The summed E-state index contributed by atoms with van der Waals surface area (Å²) in [7, 11) is 0. The number of rotatable bonds is 4. The number of benzene rings is 4. The molecule has 0 spiro atoms. The summed E-state index contributed by atoms with van der Waals surface area (Å²) in [4.78, 5) is 49.2. The maximum atomic E-state index is 12.3. The van der Waals surface area contributed by atoms with Crippen molar-refractivity contribution >= 4 is 23.9 Å². The van der Waals surface area contributed by atoms with E-state index in [1.165, 1.54) is 27.7 Å². The number of hydrogen-bond donors (Lipinski definition) is 0. The van der Waals surface area contributed by atoms with Crippen LogP contribution in [0.25, 0.3) is 0 Å². The number of carbonyl (C=O) groups is 4. The molecule has 0 atom stereocenters. The van der Waals surface area contributed by atoms with Crippen LogP contribution in [0.5, 0.6) is 23.0 Å². The van der Waals surface area contributed by atoms with E-state index in [1.54, 1.807) is 0 Å². The Labute approximate surface area is 255 Å². The van der Waals surface area contributed by atoms with Crippen LogP contribution in [0, 0.1) is 0 Å². The molecule has 0 aliphatic heterocycles. The lowest BCUT2D eigenvalue weighted by molar-refractivity contribution is -0.132. The van der Waals surface area contributed by atoms with Crippen molar-refractivity contribution in [3.05, 3.63) is 117 Å². The van der Waals surface area contributed by atoms with Gasteiger partial charge in [0.1, 0.15) is 23.0 Å². The first-order valence-electron chi connectivity index (χ1n) is 14.3. The van der Waals surface area contributed by atoms with Gasteiger partial charge in [-0.2, -0.15) is 0 Å². The normalized spacial score (nSPS) is 12.1. The molecule has 4 aromatic rings. The summed E-state index contributed by atoms with van der Waals surface area (Å²) >= 11 is 0. The Balaban J connectivity index is 1.80. The molecule has 0 amide bonds. The second-order valence-corrected chi connectivity index (χ2v) is 10.7. The number of para-hydroxylation sites is 4. The third-order valence-electron chi connectivity index (χ3n) is 7.22. The predicted octanol–water partition coefficient (Wildman–Crippen LogP) is 6.06. The Kier molecular flexibility index (Phi) is 8.90. The van der Waals surface area contributed by atoms with Crippen LogP contribution in [0.15, 0.2) is 72.8 Å². The molecule has 44 heavy (non-hydrogen) atoms. The molecule has 8 bridgehead atoms. The number of esters is 4. The van der Waals surface area contributed by atoms with Crippen LogP contribution < -0.4 is 18.9 Å². The highest BCUT2D eigenvalue weighted by Crippen LogP contribution is 2.39. The fourth-order valence-electron chi connectivity index (χ4n) is 5.59. The van der Waals surface area contributed by atoms with Crippen LogP contribution in [0.2, 0.25) is 0 Å². The Morgan fingerprint density at radius 3 is 0.659 bits per heavy atom. The van der Waals surface area contributed by atoms with Gasteiger partial charge in [-0.1, -0.05) is 72.8 Å². The zero-order chi connectivity index (χ0) is 31.4. The zero-order valence-corrected chi connectivity index (χ0v) is 25.0. The molecule has 0 aromatic heterocycles. The van der Waals surface area contributed by atoms with Crippen molar-refractivity contribution in [1.82, 2.24) is 0 Å². The predicted molar refractivity (Wildman–Crippen MR) is 162 cm³/mol. The third-order valence-corrected chi connectivity index (χ3v) is 7.22. The fraction of sp³-hybridized carbons (Fsp3) is 0.222. The van der Waals surface area contributed by atoms with E-state index in [9.17, 15) is 19.2 Å². The summed E-state index contributed by atoms with van der Waals surface area (Å²) in [5.41, 5.74) is 5.69. The zero-order valence-electron chi connectivity index (χ0n) is 25.0. The van der Waals surface area contributed by atoms with Gasteiger partial charge in [0.2, 0.25) is 0 Å². The SMILES string of the molecule is CC(=O)Oc1c2cccc1Cc1cccc(c1OC(C)=O)Cc1cccc(c1OC(C)=O)Cc1cccc(c1OC(C)=O)C2. The van der Waals surface area contributed by atoms with Gasteiger partial charge < -0.3 is 18.9 Å². The quantitative estimate of drug-likeness (QED) is 0.183. The lowest BCUT2D eigenvalue weighted by Crippen LogP contribution is -2.12. The Bertz CT molecular complexity index is 1440. The molecule has 0 N–H and O–H groups in total. The van der Waals surface area contributed by atoms with Crippen molar-refractivity contribution in [2.45, 2.75) is 53.4 Å². The van der Waals surface area contributed by atoms with E-state index in [0.29, 0.717) is 93.2 Å². The Hall–Kier alpha value is -5.24. The molecule has 0 radical (unpaired) electrons. The van der Waals surface area contributed by atoms with E-state index in [1.807, 2.05) is 72.8 Å². The largest absolute Gasteiger partial charge is 0.426 e. The molecule has 1 aliphatic carbocycles. The summed E-state index contributed by atoms with van der Waals surface area (Å²) in [6.45, 7) is 5.38. The van der Waals surface area contributed by atoms with E-state index < -0.39 is 23.9 Å². The average molecular weight is 593 g/mol. The highest BCUT2D eigenvalue weighted by Gasteiger charge is 2.23. The Morgan fingerprint density at radius 1 is 0.364 bits per heavy atom. The molecule has 1 aliphatic rings. The Morgan fingerprint density at radius 2 is 0.523 bits per heavy atom. The molecular formula is C36H32O8. The van der Waals surface area contributed by atoms with Gasteiger partial charge in [0.25, 0.3) is 0 Å². The third kappa shape index (κ3) is 6.86. The second-order valence-electron chi connectivity index (χ2n) is 10.7. The van der Waals surface area contributed by atoms with Crippen LogP contribution in [0.3, 0.4) is 0 Å². The number of fused-ring (bicyclic) bond motifs is 8. The summed E-state index contributed by atoms with van der Waals surface area (Å²) in [5.74, 6) is -0.332. The molecule has 0 saturated heterocycles. The molecular weight excluding hydrogens is 560 g/mol. The molecule has 224 valence electrons. The lowest BCUT2D eigenvalue weighted by Gasteiger charge is -2.21. The van der Waals surface area contributed by atoms with Crippen molar-refractivity contribution in [1.29, 1.82) is 0 Å². The standard InChI is InChI=1S/C36H32O8/c1-21(37)41-33-25-9-5-10-26(33)18-28-12-7-14-30(35(28)43-23(3)39)20-32-16-8-15-31(36(32)44-24(4)40)19-29-13-6-11-27(17-25)34(29)42-22(2)38/h5-16H,17-20H2,1-4H3.